The van der Waals surface area contributed by atoms with Crippen molar-refractivity contribution in [1.29, 1.82) is 0 Å². The van der Waals surface area contributed by atoms with Crippen molar-refractivity contribution in [3.05, 3.63) is 71.3 Å². The summed E-state index contributed by atoms with van der Waals surface area (Å²) in [6.45, 7) is 2.07. The largest absolute Gasteiger partial charge is 0.470 e. The van der Waals surface area contributed by atoms with Crippen molar-refractivity contribution in [1.82, 2.24) is 20.3 Å². The highest BCUT2D eigenvalue weighted by molar-refractivity contribution is 5.99. The van der Waals surface area contributed by atoms with Crippen molar-refractivity contribution in [2.75, 3.05) is 0 Å². The van der Waals surface area contributed by atoms with Gasteiger partial charge in [-0.15, -0.1) is 0 Å². The Morgan fingerprint density at radius 2 is 2.03 bits per heavy atom. The van der Waals surface area contributed by atoms with Crippen LogP contribution in [0.5, 0.6) is 5.88 Å². The number of carbonyl (C=O) groups excluding carboxylic acids is 2. The summed E-state index contributed by atoms with van der Waals surface area (Å²) in [6, 6.07) is 11.0. The minimum atomic E-state index is -0.707. The molecule has 4 rings (SSSR count). The third kappa shape index (κ3) is 4.43. The summed E-state index contributed by atoms with van der Waals surface area (Å²) in [5.41, 5.74) is 8.46. The molecule has 2 aromatic heterocycles. The van der Waals surface area contributed by atoms with E-state index in [1.54, 1.807) is 18.3 Å². The molecule has 0 radical (unpaired) electrons. The van der Waals surface area contributed by atoms with Gasteiger partial charge >= 0.3 is 0 Å². The molecule has 3 N–H and O–H groups in total. The summed E-state index contributed by atoms with van der Waals surface area (Å²) in [5, 5.41) is 2.96. The Hall–Kier alpha value is -3.81. The average Bonchev–Trinajstić information content (AvgIpc) is 3.57. The molecule has 0 saturated heterocycles. The van der Waals surface area contributed by atoms with Gasteiger partial charge in [0.05, 0.1) is 11.9 Å². The molecule has 2 amide bonds. The van der Waals surface area contributed by atoms with E-state index in [0.717, 1.165) is 24.1 Å². The normalized spacial score (nSPS) is 13.0. The number of ether oxygens (including phenoxy) is 1. The van der Waals surface area contributed by atoms with E-state index in [4.69, 9.17) is 10.5 Å². The van der Waals surface area contributed by atoms with Crippen LogP contribution < -0.4 is 15.8 Å². The number of pyridine rings is 1. The van der Waals surface area contributed by atoms with Crippen LogP contribution in [0.3, 0.4) is 0 Å². The second-order valence-electron chi connectivity index (χ2n) is 7.16. The number of nitrogens with zero attached hydrogens (tertiary/aromatic N) is 3. The minimum Gasteiger partial charge on any atom is -0.470 e. The van der Waals surface area contributed by atoms with Crippen molar-refractivity contribution in [3.8, 4) is 17.1 Å². The van der Waals surface area contributed by atoms with Gasteiger partial charge in [-0.3, -0.25) is 14.6 Å². The highest BCUT2D eigenvalue weighted by atomic mass is 16.5. The Morgan fingerprint density at radius 1 is 1.20 bits per heavy atom. The Bertz CT molecular complexity index is 1100. The van der Waals surface area contributed by atoms with E-state index >= 15 is 0 Å². The molecule has 1 fully saturated rings. The van der Waals surface area contributed by atoms with Crippen LogP contribution >= 0.6 is 0 Å². The standard InChI is InChI=1S/C22H21N5O3/c1-13-5-6-14(22(29)26-15-7-8-15)10-17(13)19-20(21(23)28)25-11-18(27-19)30-12-16-4-2-3-9-24-16/h2-6,9-11,15H,7-8,12H2,1H3,(H2,23,28)(H,26,29). The lowest BCUT2D eigenvalue weighted by molar-refractivity contribution is 0.0949. The maximum absolute atomic E-state index is 12.5. The van der Waals surface area contributed by atoms with Crippen LogP contribution in [0.1, 0.15) is 44.9 Å². The number of aryl methyl sites for hydroxylation is 1. The van der Waals surface area contributed by atoms with Crippen molar-refractivity contribution >= 4 is 11.8 Å². The van der Waals surface area contributed by atoms with E-state index in [1.807, 2.05) is 31.2 Å². The van der Waals surface area contributed by atoms with Crippen LogP contribution in [0.2, 0.25) is 0 Å². The van der Waals surface area contributed by atoms with Gasteiger partial charge in [-0.2, -0.15) is 0 Å². The second kappa shape index (κ2) is 8.28. The van der Waals surface area contributed by atoms with Gasteiger partial charge in [0.1, 0.15) is 12.3 Å². The predicted molar refractivity (Wildman–Crippen MR) is 110 cm³/mol. The Kier molecular flexibility index (Phi) is 5.38. The zero-order chi connectivity index (χ0) is 21.1. The molecule has 8 nitrogen and oxygen atoms in total. The third-order valence-electron chi connectivity index (χ3n) is 4.75. The molecule has 1 aliphatic carbocycles. The number of rotatable bonds is 7. The quantitative estimate of drug-likeness (QED) is 0.625. The monoisotopic (exact) mass is 403 g/mol. The molecule has 152 valence electrons. The fraction of sp³-hybridized carbons (Fsp3) is 0.227. The Morgan fingerprint density at radius 3 is 2.73 bits per heavy atom. The average molecular weight is 403 g/mol. The first kappa shape index (κ1) is 19.5. The first-order valence-electron chi connectivity index (χ1n) is 9.62. The molecule has 0 bridgehead atoms. The van der Waals surface area contributed by atoms with Crippen LogP contribution in [-0.2, 0) is 6.61 Å². The van der Waals surface area contributed by atoms with Crippen molar-refractivity contribution in [2.45, 2.75) is 32.4 Å². The number of carbonyl (C=O) groups is 2. The molecule has 1 aliphatic rings. The van der Waals surface area contributed by atoms with E-state index in [1.165, 1.54) is 6.20 Å². The van der Waals surface area contributed by atoms with E-state index in [0.29, 0.717) is 11.1 Å². The summed E-state index contributed by atoms with van der Waals surface area (Å²) in [5.74, 6) is -0.635. The number of hydrogen-bond acceptors (Lipinski definition) is 6. The topological polar surface area (TPSA) is 120 Å². The summed E-state index contributed by atoms with van der Waals surface area (Å²) in [4.78, 5) is 37.3. The number of aromatic nitrogens is 3. The molecule has 0 aliphatic heterocycles. The summed E-state index contributed by atoms with van der Waals surface area (Å²) < 4.78 is 5.70. The van der Waals surface area contributed by atoms with Gasteiger partial charge in [0, 0.05) is 23.4 Å². The molecule has 0 spiro atoms. The third-order valence-corrected chi connectivity index (χ3v) is 4.75. The van der Waals surface area contributed by atoms with E-state index < -0.39 is 5.91 Å². The summed E-state index contributed by atoms with van der Waals surface area (Å²) >= 11 is 0. The van der Waals surface area contributed by atoms with Crippen molar-refractivity contribution in [2.24, 2.45) is 5.73 Å². The fourth-order valence-corrected chi connectivity index (χ4v) is 2.96. The molecule has 3 aromatic rings. The van der Waals surface area contributed by atoms with Crippen LogP contribution in [0, 0.1) is 6.92 Å². The minimum absolute atomic E-state index is 0.0167. The second-order valence-corrected chi connectivity index (χ2v) is 7.16. The van der Waals surface area contributed by atoms with Crippen LogP contribution in [0.25, 0.3) is 11.3 Å². The zero-order valence-electron chi connectivity index (χ0n) is 16.5. The molecule has 0 unspecified atom stereocenters. The van der Waals surface area contributed by atoms with E-state index in [2.05, 4.69) is 20.3 Å². The SMILES string of the molecule is Cc1ccc(C(=O)NC2CC2)cc1-c1nc(OCc2ccccn2)cnc1C(N)=O. The molecule has 0 atom stereocenters. The smallest absolute Gasteiger partial charge is 0.269 e. The van der Waals surface area contributed by atoms with Crippen molar-refractivity contribution < 1.29 is 14.3 Å². The van der Waals surface area contributed by atoms with Gasteiger partial charge in [-0.25, -0.2) is 9.97 Å². The van der Waals surface area contributed by atoms with Gasteiger partial charge in [-0.1, -0.05) is 12.1 Å². The lowest BCUT2D eigenvalue weighted by atomic mass is 10.00. The Labute approximate surface area is 173 Å². The van der Waals surface area contributed by atoms with Gasteiger partial charge in [0.15, 0.2) is 5.69 Å². The first-order chi connectivity index (χ1) is 14.5. The zero-order valence-corrected chi connectivity index (χ0v) is 16.5. The molecule has 1 aromatic carbocycles. The van der Waals surface area contributed by atoms with E-state index in [9.17, 15) is 9.59 Å². The van der Waals surface area contributed by atoms with E-state index in [-0.39, 0.29) is 35.8 Å². The molecular weight excluding hydrogens is 382 g/mol. The molecule has 1 saturated carbocycles. The van der Waals surface area contributed by atoms with Gasteiger partial charge in [0.25, 0.3) is 11.8 Å². The first-order valence-corrected chi connectivity index (χ1v) is 9.62. The van der Waals surface area contributed by atoms with Crippen molar-refractivity contribution in [3.63, 3.8) is 0 Å². The molecule has 30 heavy (non-hydrogen) atoms. The number of hydrogen-bond donors (Lipinski definition) is 2. The number of nitrogens with two attached hydrogens (primary N) is 1. The highest BCUT2D eigenvalue weighted by Crippen LogP contribution is 2.28. The molecule has 8 heteroatoms. The highest BCUT2D eigenvalue weighted by Gasteiger charge is 2.24. The van der Waals surface area contributed by atoms with Gasteiger partial charge < -0.3 is 15.8 Å². The fourth-order valence-electron chi connectivity index (χ4n) is 2.96. The number of nitrogens with one attached hydrogen (secondary N) is 1. The summed E-state index contributed by atoms with van der Waals surface area (Å²) in [6.07, 6.45) is 5.02. The molecular formula is C22H21N5O3. The van der Waals surface area contributed by atoms with Crippen LogP contribution in [-0.4, -0.2) is 32.8 Å². The maximum Gasteiger partial charge on any atom is 0.269 e. The molecule has 2 heterocycles. The van der Waals surface area contributed by atoms with Gasteiger partial charge in [0.2, 0.25) is 5.88 Å². The number of primary amides is 1. The number of amides is 2. The van der Waals surface area contributed by atoms with Gasteiger partial charge in [-0.05, 0) is 49.6 Å². The lowest BCUT2D eigenvalue weighted by Crippen LogP contribution is -2.25. The lowest BCUT2D eigenvalue weighted by Gasteiger charge is -2.13. The number of benzene rings is 1. The predicted octanol–water partition coefficient (Wildman–Crippen LogP) is 2.42. The maximum atomic E-state index is 12.5. The van der Waals surface area contributed by atoms with Crippen LogP contribution in [0.4, 0.5) is 0 Å². The van der Waals surface area contributed by atoms with Crippen LogP contribution in [0.15, 0.2) is 48.8 Å². The summed E-state index contributed by atoms with van der Waals surface area (Å²) in [7, 11) is 0. The Balaban J connectivity index is 1.67.